The van der Waals surface area contributed by atoms with E-state index in [9.17, 15) is 4.79 Å². The van der Waals surface area contributed by atoms with Crippen LogP contribution in [0.2, 0.25) is 0 Å². The summed E-state index contributed by atoms with van der Waals surface area (Å²) in [5.41, 5.74) is 6.02. The predicted molar refractivity (Wildman–Crippen MR) is 142 cm³/mol. The largest absolute Gasteiger partial charge is 0.496 e. The van der Waals surface area contributed by atoms with E-state index in [2.05, 4.69) is 69.9 Å². The van der Waals surface area contributed by atoms with Crippen molar-refractivity contribution in [2.24, 2.45) is 5.41 Å². The molecule has 0 saturated carbocycles. The molecule has 0 atom stereocenters. The lowest BCUT2D eigenvalue weighted by Gasteiger charge is -2.31. The lowest BCUT2D eigenvalue weighted by Crippen LogP contribution is -2.28. The van der Waals surface area contributed by atoms with E-state index in [0.29, 0.717) is 6.42 Å². The normalized spacial score (nSPS) is 15.2. The predicted octanol–water partition coefficient (Wildman–Crippen LogP) is 7.43. The van der Waals surface area contributed by atoms with Crippen LogP contribution in [0.15, 0.2) is 60.8 Å². The second kappa shape index (κ2) is 8.30. The number of methoxy groups -OCH3 is 1. The fraction of sp³-hybridized carbons (Fsp3) is 0.323. The Kier molecular flexibility index (Phi) is 5.51. The van der Waals surface area contributed by atoms with Gasteiger partial charge in [-0.15, -0.1) is 0 Å². The molecule has 0 N–H and O–H groups in total. The molecule has 0 spiro atoms. The fourth-order valence-electron chi connectivity index (χ4n) is 5.14. The molecular formula is C31H32N2O2. The van der Waals surface area contributed by atoms with Crippen molar-refractivity contribution in [3.05, 3.63) is 77.6 Å². The summed E-state index contributed by atoms with van der Waals surface area (Å²) in [6, 6.07) is 18.5. The van der Waals surface area contributed by atoms with E-state index in [1.165, 1.54) is 5.56 Å². The molecule has 1 aliphatic carbocycles. The van der Waals surface area contributed by atoms with E-state index in [-0.39, 0.29) is 16.6 Å². The average molecular weight is 465 g/mol. The zero-order valence-corrected chi connectivity index (χ0v) is 21.4. The highest BCUT2D eigenvalue weighted by Crippen LogP contribution is 2.45. The van der Waals surface area contributed by atoms with E-state index in [0.717, 1.165) is 56.7 Å². The molecule has 0 radical (unpaired) electrons. The van der Waals surface area contributed by atoms with Crippen molar-refractivity contribution in [3.63, 3.8) is 0 Å². The van der Waals surface area contributed by atoms with Gasteiger partial charge < -0.3 is 4.74 Å². The number of ether oxygens (including phenoxy) is 1. The lowest BCUT2D eigenvalue weighted by molar-refractivity contribution is 0.0911. The van der Waals surface area contributed by atoms with Crippen LogP contribution in [0.5, 0.6) is 5.75 Å². The molecule has 2 heterocycles. The third-order valence-electron chi connectivity index (χ3n) is 6.93. The summed E-state index contributed by atoms with van der Waals surface area (Å²) in [5.74, 6) is 0.883. The number of benzene rings is 2. The maximum atomic E-state index is 13.6. The molecular weight excluding hydrogens is 432 g/mol. The number of carbonyl (C=O) groups is 1. The van der Waals surface area contributed by atoms with Crippen LogP contribution in [-0.2, 0) is 11.8 Å². The van der Waals surface area contributed by atoms with Crippen LogP contribution in [0, 0.1) is 5.41 Å². The summed E-state index contributed by atoms with van der Waals surface area (Å²) in [5, 5.41) is 2.16. The SMILES string of the molecule is COc1ccc2ccccc2c1-c1cc(-c2cc(C(C)(C)C)ccn2)nc2c1C(=O)CC(C)(C)C2. The molecule has 0 unspecified atom stereocenters. The van der Waals surface area contributed by atoms with Gasteiger partial charge in [-0.25, -0.2) is 0 Å². The lowest BCUT2D eigenvalue weighted by atomic mass is 9.73. The van der Waals surface area contributed by atoms with Crippen LogP contribution in [0.3, 0.4) is 0 Å². The zero-order valence-electron chi connectivity index (χ0n) is 21.4. The van der Waals surface area contributed by atoms with E-state index in [1.54, 1.807) is 7.11 Å². The summed E-state index contributed by atoms with van der Waals surface area (Å²) in [6.07, 6.45) is 3.09. The molecule has 0 saturated heterocycles. The first-order valence-electron chi connectivity index (χ1n) is 12.2. The van der Waals surface area contributed by atoms with Crippen LogP contribution in [0.1, 0.15) is 62.7 Å². The highest BCUT2D eigenvalue weighted by atomic mass is 16.5. The van der Waals surface area contributed by atoms with Gasteiger partial charge in [0.25, 0.3) is 0 Å². The van der Waals surface area contributed by atoms with Gasteiger partial charge in [-0.05, 0) is 57.9 Å². The third kappa shape index (κ3) is 4.22. The molecule has 5 rings (SSSR count). The molecule has 0 amide bonds. The molecule has 0 aliphatic heterocycles. The minimum atomic E-state index is -0.142. The maximum absolute atomic E-state index is 13.6. The van der Waals surface area contributed by atoms with Gasteiger partial charge in [-0.2, -0.15) is 0 Å². The number of Topliss-reactive ketones (excluding diaryl/α,β-unsaturated/α-hetero) is 1. The summed E-state index contributed by atoms with van der Waals surface area (Å²) in [6.45, 7) is 10.9. The maximum Gasteiger partial charge on any atom is 0.165 e. The Labute approximate surface area is 207 Å². The standard InChI is InChI=1S/C31H32N2O2/c1-30(2,3)20-13-14-32-23(15-20)24-16-22(29-25(33-24)17-31(4,5)18-26(29)34)28-21-10-8-7-9-19(21)11-12-27(28)35-6/h7-16H,17-18H2,1-6H3. The van der Waals surface area contributed by atoms with Crippen LogP contribution < -0.4 is 4.74 Å². The van der Waals surface area contributed by atoms with Crippen LogP contribution in [0.25, 0.3) is 33.3 Å². The number of aromatic nitrogens is 2. The van der Waals surface area contributed by atoms with Gasteiger partial charge in [0.1, 0.15) is 5.75 Å². The molecule has 4 nitrogen and oxygen atoms in total. The molecule has 4 heteroatoms. The first-order chi connectivity index (χ1) is 16.6. The Balaban J connectivity index is 1.85. The number of ketones is 1. The minimum Gasteiger partial charge on any atom is -0.496 e. The third-order valence-corrected chi connectivity index (χ3v) is 6.93. The number of nitrogens with zero attached hydrogens (tertiary/aromatic N) is 2. The van der Waals surface area contributed by atoms with Crippen LogP contribution >= 0.6 is 0 Å². The number of pyridine rings is 2. The average Bonchev–Trinajstić information content (AvgIpc) is 2.81. The Hall–Kier alpha value is -3.53. The van der Waals surface area contributed by atoms with Crippen molar-refractivity contribution in [2.45, 2.75) is 52.9 Å². The fourth-order valence-corrected chi connectivity index (χ4v) is 5.14. The summed E-state index contributed by atoms with van der Waals surface area (Å²) in [7, 11) is 1.68. The van der Waals surface area contributed by atoms with E-state index >= 15 is 0 Å². The highest BCUT2D eigenvalue weighted by molar-refractivity contribution is 6.10. The number of fused-ring (bicyclic) bond motifs is 2. The minimum absolute atomic E-state index is 0.00840. The van der Waals surface area contributed by atoms with Gasteiger partial charge in [0.2, 0.25) is 0 Å². The van der Waals surface area contributed by atoms with Gasteiger partial charge >= 0.3 is 0 Å². The molecule has 178 valence electrons. The highest BCUT2D eigenvalue weighted by Gasteiger charge is 2.35. The van der Waals surface area contributed by atoms with Crippen molar-refractivity contribution in [3.8, 4) is 28.3 Å². The molecule has 0 bridgehead atoms. The molecule has 2 aromatic heterocycles. The van der Waals surface area contributed by atoms with Gasteiger partial charge in [0, 0.05) is 29.3 Å². The first-order valence-corrected chi connectivity index (χ1v) is 12.2. The van der Waals surface area contributed by atoms with Crippen molar-refractivity contribution in [1.82, 2.24) is 9.97 Å². The summed E-state index contributed by atoms with van der Waals surface area (Å²) < 4.78 is 5.84. The zero-order chi connectivity index (χ0) is 25.0. The van der Waals surface area contributed by atoms with Crippen molar-refractivity contribution < 1.29 is 9.53 Å². The van der Waals surface area contributed by atoms with Gasteiger partial charge in [-0.3, -0.25) is 14.8 Å². The Bertz CT molecular complexity index is 1460. The molecule has 35 heavy (non-hydrogen) atoms. The van der Waals surface area contributed by atoms with E-state index in [1.807, 2.05) is 30.5 Å². The van der Waals surface area contributed by atoms with Gasteiger partial charge in [0.15, 0.2) is 5.78 Å². The van der Waals surface area contributed by atoms with Crippen molar-refractivity contribution in [1.29, 1.82) is 0 Å². The first kappa shape index (κ1) is 23.2. The Morgan fingerprint density at radius 2 is 1.69 bits per heavy atom. The molecule has 1 aliphatic rings. The smallest absolute Gasteiger partial charge is 0.165 e. The topological polar surface area (TPSA) is 52.1 Å². The number of hydrogen-bond donors (Lipinski definition) is 0. The van der Waals surface area contributed by atoms with Crippen molar-refractivity contribution in [2.75, 3.05) is 7.11 Å². The molecule has 2 aromatic carbocycles. The van der Waals surface area contributed by atoms with Crippen LogP contribution in [0.4, 0.5) is 0 Å². The van der Waals surface area contributed by atoms with E-state index < -0.39 is 0 Å². The van der Waals surface area contributed by atoms with Crippen molar-refractivity contribution >= 4 is 16.6 Å². The Morgan fingerprint density at radius 3 is 2.43 bits per heavy atom. The number of hydrogen-bond acceptors (Lipinski definition) is 4. The Morgan fingerprint density at radius 1 is 0.914 bits per heavy atom. The second-order valence-electron chi connectivity index (χ2n) is 11.4. The van der Waals surface area contributed by atoms with Gasteiger partial charge in [0.05, 0.1) is 24.2 Å². The quantitative estimate of drug-likeness (QED) is 0.316. The van der Waals surface area contributed by atoms with E-state index in [4.69, 9.17) is 9.72 Å². The van der Waals surface area contributed by atoms with Gasteiger partial charge in [-0.1, -0.05) is 65.0 Å². The summed E-state index contributed by atoms with van der Waals surface area (Å²) in [4.78, 5) is 23.3. The number of carbonyl (C=O) groups excluding carboxylic acids is 1. The summed E-state index contributed by atoms with van der Waals surface area (Å²) >= 11 is 0. The molecule has 0 fully saturated rings. The molecule has 4 aromatic rings. The van der Waals surface area contributed by atoms with Crippen LogP contribution in [-0.4, -0.2) is 22.9 Å². The number of rotatable bonds is 3. The monoisotopic (exact) mass is 464 g/mol. The second-order valence-corrected chi connectivity index (χ2v) is 11.4.